The normalized spacial score (nSPS) is 18.7. The quantitative estimate of drug-likeness (QED) is 0.699. The maximum atomic E-state index is 12.6. The zero-order valence-corrected chi connectivity index (χ0v) is 16.8. The van der Waals surface area contributed by atoms with Crippen molar-refractivity contribution in [3.8, 4) is 5.75 Å². The molecule has 1 aromatic rings. The lowest BCUT2D eigenvalue weighted by atomic mass is 9.98. The molecule has 0 radical (unpaired) electrons. The molecule has 6 nitrogen and oxygen atoms in total. The molecule has 11 heteroatoms. The molecule has 1 unspecified atom stereocenters. The molecule has 1 atom stereocenters. The van der Waals surface area contributed by atoms with Crippen LogP contribution in [0.2, 0.25) is 5.02 Å². The maximum Gasteiger partial charge on any atom is 0.422 e. The lowest BCUT2D eigenvalue weighted by molar-refractivity contribution is -0.153. The van der Waals surface area contributed by atoms with Crippen LogP contribution in [0.25, 0.3) is 0 Å². The van der Waals surface area contributed by atoms with Gasteiger partial charge in [0, 0.05) is 24.2 Å². The number of benzene rings is 1. The molecule has 1 aliphatic rings. The molecule has 0 spiro atoms. The Labute approximate surface area is 167 Å². The van der Waals surface area contributed by atoms with Gasteiger partial charge in [0.05, 0.1) is 17.4 Å². The molecule has 1 aliphatic heterocycles. The smallest absolute Gasteiger partial charge is 0.422 e. The fourth-order valence-corrected chi connectivity index (χ4v) is 4.66. The number of sulfonamides is 1. The van der Waals surface area contributed by atoms with Gasteiger partial charge < -0.3 is 10.1 Å². The Kier molecular flexibility index (Phi) is 7.58. The molecule has 1 fully saturated rings. The Morgan fingerprint density at radius 2 is 2.11 bits per heavy atom. The van der Waals surface area contributed by atoms with E-state index in [1.165, 1.54) is 22.5 Å². The summed E-state index contributed by atoms with van der Waals surface area (Å²) >= 11 is 5.80. The number of nitrogens with zero attached hydrogens (tertiary/aromatic N) is 1. The summed E-state index contributed by atoms with van der Waals surface area (Å²) in [5.74, 6) is -1.28. The Morgan fingerprint density at radius 1 is 1.39 bits per heavy atom. The van der Waals surface area contributed by atoms with Crippen molar-refractivity contribution in [1.82, 2.24) is 4.31 Å². The summed E-state index contributed by atoms with van der Waals surface area (Å²) < 4.78 is 67.8. The van der Waals surface area contributed by atoms with Crippen molar-refractivity contribution in [3.05, 3.63) is 23.2 Å². The fraction of sp³-hybridized carbons (Fsp3) is 0.588. The summed E-state index contributed by atoms with van der Waals surface area (Å²) in [4.78, 5) is 12.6. The van der Waals surface area contributed by atoms with E-state index in [9.17, 15) is 26.4 Å². The molecule has 1 aromatic carbocycles. The maximum absolute atomic E-state index is 12.6. The van der Waals surface area contributed by atoms with Gasteiger partial charge >= 0.3 is 6.18 Å². The summed E-state index contributed by atoms with van der Waals surface area (Å²) in [7, 11) is -3.43. The highest BCUT2D eigenvalue weighted by atomic mass is 35.5. The zero-order chi connectivity index (χ0) is 20.9. The highest BCUT2D eigenvalue weighted by molar-refractivity contribution is 7.89. The summed E-state index contributed by atoms with van der Waals surface area (Å²) in [6.07, 6.45) is -3.06. The third-order valence-corrected chi connectivity index (χ3v) is 6.48. The molecule has 1 amide bonds. The molecule has 2 rings (SSSR count). The van der Waals surface area contributed by atoms with Gasteiger partial charge in [-0.15, -0.1) is 0 Å². The first-order valence-electron chi connectivity index (χ1n) is 8.79. The number of carbonyl (C=O) groups excluding carboxylic acids is 1. The average Bonchev–Trinajstić information content (AvgIpc) is 2.61. The van der Waals surface area contributed by atoms with Gasteiger partial charge in [-0.2, -0.15) is 13.2 Å². The summed E-state index contributed by atoms with van der Waals surface area (Å²) in [6, 6.07) is 3.94. The highest BCUT2D eigenvalue weighted by Gasteiger charge is 2.33. The number of nitrogens with one attached hydrogen (secondary N) is 1. The number of halogens is 4. The predicted octanol–water partition coefficient (Wildman–Crippen LogP) is 3.67. The molecule has 1 saturated heterocycles. The number of anilines is 1. The van der Waals surface area contributed by atoms with Crippen LogP contribution in [-0.2, 0) is 14.8 Å². The third-order valence-electron chi connectivity index (χ3n) is 4.20. The van der Waals surface area contributed by atoms with Crippen LogP contribution in [0.4, 0.5) is 18.9 Å². The number of amides is 1. The standard InChI is InChI=1S/C17H22ClF3N2O4S/c1-2-8-28(25,26)23-7-3-4-12(10-23)16(24)22-14-6-5-13(18)9-15(14)27-11-17(19,20)21/h5-6,9,12H,2-4,7-8,10-11H2,1H3,(H,22,24). The Balaban J connectivity index is 2.10. The van der Waals surface area contributed by atoms with E-state index in [-0.39, 0.29) is 28.8 Å². The van der Waals surface area contributed by atoms with Crippen molar-refractivity contribution in [1.29, 1.82) is 0 Å². The van der Waals surface area contributed by atoms with Crippen LogP contribution < -0.4 is 10.1 Å². The Hall–Kier alpha value is -1.52. The molecule has 0 bridgehead atoms. The molecule has 0 saturated carbocycles. The number of ether oxygens (including phenoxy) is 1. The van der Waals surface area contributed by atoms with Crippen LogP contribution in [0.1, 0.15) is 26.2 Å². The van der Waals surface area contributed by atoms with Crippen LogP contribution >= 0.6 is 11.6 Å². The number of alkyl halides is 3. The van der Waals surface area contributed by atoms with E-state index >= 15 is 0 Å². The Morgan fingerprint density at radius 3 is 2.75 bits per heavy atom. The average molecular weight is 443 g/mol. The van der Waals surface area contributed by atoms with E-state index in [1.54, 1.807) is 6.92 Å². The topological polar surface area (TPSA) is 75.7 Å². The van der Waals surface area contributed by atoms with Gasteiger partial charge in [-0.05, 0) is 31.4 Å². The third kappa shape index (κ3) is 6.52. The van der Waals surface area contributed by atoms with Gasteiger partial charge in [0.2, 0.25) is 15.9 Å². The second-order valence-electron chi connectivity index (χ2n) is 6.55. The van der Waals surface area contributed by atoms with Crippen LogP contribution in [0.3, 0.4) is 0 Å². The first-order chi connectivity index (χ1) is 13.0. The first-order valence-corrected chi connectivity index (χ1v) is 10.8. The van der Waals surface area contributed by atoms with Gasteiger partial charge in [0.1, 0.15) is 5.75 Å². The highest BCUT2D eigenvalue weighted by Crippen LogP contribution is 2.31. The van der Waals surface area contributed by atoms with E-state index in [2.05, 4.69) is 5.32 Å². The van der Waals surface area contributed by atoms with E-state index in [0.717, 1.165) is 0 Å². The van der Waals surface area contributed by atoms with E-state index in [0.29, 0.717) is 25.8 Å². The SMILES string of the molecule is CCCS(=O)(=O)N1CCCC(C(=O)Nc2ccc(Cl)cc2OCC(F)(F)F)C1. The monoisotopic (exact) mass is 442 g/mol. The molecular formula is C17H22ClF3N2O4S. The van der Waals surface area contributed by atoms with Crippen LogP contribution in [0.5, 0.6) is 5.75 Å². The number of piperidine rings is 1. The summed E-state index contributed by atoms with van der Waals surface area (Å²) in [5, 5.41) is 2.69. The Bertz CT molecular complexity index is 802. The van der Waals surface area contributed by atoms with Crippen LogP contribution in [-0.4, -0.2) is 50.3 Å². The van der Waals surface area contributed by atoms with Crippen molar-refractivity contribution in [3.63, 3.8) is 0 Å². The number of hydrogen-bond donors (Lipinski definition) is 1. The molecule has 0 aliphatic carbocycles. The van der Waals surface area contributed by atoms with E-state index < -0.39 is 34.6 Å². The molecule has 28 heavy (non-hydrogen) atoms. The molecule has 1 N–H and O–H groups in total. The summed E-state index contributed by atoms with van der Waals surface area (Å²) in [5.41, 5.74) is 0.0483. The second kappa shape index (κ2) is 9.32. The fourth-order valence-electron chi connectivity index (χ4n) is 2.91. The van der Waals surface area contributed by atoms with Gasteiger partial charge in [0.15, 0.2) is 6.61 Å². The minimum atomic E-state index is -4.54. The van der Waals surface area contributed by atoms with Gasteiger partial charge in [-0.1, -0.05) is 18.5 Å². The largest absolute Gasteiger partial charge is 0.482 e. The number of rotatable bonds is 7. The predicted molar refractivity (Wildman–Crippen MR) is 100 cm³/mol. The lowest BCUT2D eigenvalue weighted by Gasteiger charge is -2.31. The van der Waals surface area contributed by atoms with Crippen molar-refractivity contribution in [2.45, 2.75) is 32.4 Å². The minimum Gasteiger partial charge on any atom is -0.482 e. The molecule has 158 valence electrons. The zero-order valence-electron chi connectivity index (χ0n) is 15.3. The second-order valence-corrected chi connectivity index (χ2v) is 9.07. The minimum absolute atomic E-state index is 0.00789. The van der Waals surface area contributed by atoms with Crippen molar-refractivity contribution in [2.75, 3.05) is 30.8 Å². The van der Waals surface area contributed by atoms with Crippen LogP contribution in [0, 0.1) is 5.92 Å². The van der Waals surface area contributed by atoms with E-state index in [4.69, 9.17) is 16.3 Å². The van der Waals surface area contributed by atoms with Crippen LogP contribution in [0.15, 0.2) is 18.2 Å². The van der Waals surface area contributed by atoms with Crippen molar-refractivity contribution >= 4 is 33.2 Å². The number of hydrogen-bond acceptors (Lipinski definition) is 4. The van der Waals surface area contributed by atoms with E-state index in [1.807, 2.05) is 0 Å². The lowest BCUT2D eigenvalue weighted by Crippen LogP contribution is -2.44. The van der Waals surface area contributed by atoms with Crippen molar-refractivity contribution < 1.29 is 31.1 Å². The molecule has 1 heterocycles. The van der Waals surface area contributed by atoms with Gasteiger partial charge in [0.25, 0.3) is 0 Å². The van der Waals surface area contributed by atoms with Gasteiger partial charge in [-0.3, -0.25) is 4.79 Å². The first kappa shape index (κ1) is 22.8. The molecular weight excluding hydrogens is 421 g/mol. The summed E-state index contributed by atoms with van der Waals surface area (Å²) in [6.45, 7) is 0.630. The number of carbonyl (C=O) groups is 1. The molecule has 0 aromatic heterocycles. The van der Waals surface area contributed by atoms with Crippen molar-refractivity contribution in [2.24, 2.45) is 5.92 Å². The van der Waals surface area contributed by atoms with Gasteiger partial charge in [-0.25, -0.2) is 12.7 Å².